The molecule has 0 radical (unpaired) electrons. The molecule has 0 aliphatic heterocycles. The van der Waals surface area contributed by atoms with Crippen LogP contribution in [0.3, 0.4) is 0 Å². The molecule has 0 aliphatic carbocycles. The summed E-state index contributed by atoms with van der Waals surface area (Å²) in [6, 6.07) is 2.62. The van der Waals surface area contributed by atoms with Crippen molar-refractivity contribution in [3.63, 3.8) is 0 Å². The van der Waals surface area contributed by atoms with Gasteiger partial charge in [-0.3, -0.25) is 10.1 Å². The second kappa shape index (κ2) is 4.70. The summed E-state index contributed by atoms with van der Waals surface area (Å²) in [4.78, 5) is 9.44. The lowest BCUT2D eigenvalue weighted by Gasteiger charge is -2.10. The Morgan fingerprint density at radius 2 is 2.06 bits per heavy atom. The van der Waals surface area contributed by atoms with Crippen LogP contribution in [0.2, 0.25) is 0 Å². The minimum atomic E-state index is -4.74. The predicted octanol–water partition coefficient (Wildman–Crippen LogP) is 2.50. The van der Waals surface area contributed by atoms with Crippen molar-refractivity contribution in [2.45, 2.75) is 25.6 Å². The second-order valence-electron chi connectivity index (χ2n) is 3.79. The van der Waals surface area contributed by atoms with E-state index in [1.54, 1.807) is 6.92 Å². The molecular formula is C10H11F3N2O2. The van der Waals surface area contributed by atoms with Crippen LogP contribution in [-0.2, 0) is 12.6 Å². The van der Waals surface area contributed by atoms with E-state index in [0.29, 0.717) is 5.56 Å². The van der Waals surface area contributed by atoms with E-state index in [1.165, 1.54) is 6.07 Å². The minimum absolute atomic E-state index is 0.237. The number of nitrogens with zero attached hydrogens (tertiary/aromatic N) is 1. The highest BCUT2D eigenvalue weighted by Gasteiger charge is 2.38. The van der Waals surface area contributed by atoms with Gasteiger partial charge in [0.2, 0.25) is 0 Å². The normalized spacial score (nSPS) is 13.5. The summed E-state index contributed by atoms with van der Waals surface area (Å²) in [5, 5.41) is 10.5. The molecular weight excluding hydrogens is 237 g/mol. The molecule has 0 aromatic heterocycles. The van der Waals surface area contributed by atoms with Crippen LogP contribution in [0.5, 0.6) is 0 Å². The van der Waals surface area contributed by atoms with Gasteiger partial charge in [-0.25, -0.2) is 0 Å². The number of nitro benzene ring substituents is 1. The first kappa shape index (κ1) is 13.4. The summed E-state index contributed by atoms with van der Waals surface area (Å²) in [5.41, 5.74) is 3.62. The van der Waals surface area contributed by atoms with Crippen LogP contribution in [0.4, 0.5) is 18.9 Å². The average Bonchev–Trinajstić information content (AvgIpc) is 2.14. The molecule has 0 saturated carbocycles. The van der Waals surface area contributed by atoms with Crippen molar-refractivity contribution in [1.29, 1.82) is 0 Å². The SMILES string of the molecule is CC(N)Cc1ccc([N+](=O)[O-])c(C(F)(F)F)c1. The minimum Gasteiger partial charge on any atom is -0.328 e. The highest BCUT2D eigenvalue weighted by molar-refractivity contribution is 5.44. The molecule has 17 heavy (non-hydrogen) atoms. The van der Waals surface area contributed by atoms with Crippen molar-refractivity contribution >= 4 is 5.69 Å². The van der Waals surface area contributed by atoms with E-state index in [1.807, 2.05) is 0 Å². The Hall–Kier alpha value is -1.63. The van der Waals surface area contributed by atoms with Gasteiger partial charge in [0, 0.05) is 12.1 Å². The van der Waals surface area contributed by atoms with Crippen molar-refractivity contribution in [3.05, 3.63) is 39.4 Å². The zero-order valence-electron chi connectivity index (χ0n) is 8.99. The van der Waals surface area contributed by atoms with E-state index in [2.05, 4.69) is 0 Å². The highest BCUT2D eigenvalue weighted by atomic mass is 19.4. The average molecular weight is 248 g/mol. The van der Waals surface area contributed by atoms with Gasteiger partial charge in [-0.1, -0.05) is 6.07 Å². The van der Waals surface area contributed by atoms with E-state index in [4.69, 9.17) is 5.73 Å². The number of hydrogen-bond donors (Lipinski definition) is 1. The Bertz CT molecular complexity index is 430. The maximum atomic E-state index is 12.6. The van der Waals surface area contributed by atoms with Gasteiger partial charge >= 0.3 is 6.18 Å². The Morgan fingerprint density at radius 3 is 2.47 bits per heavy atom. The van der Waals surface area contributed by atoms with E-state index in [0.717, 1.165) is 12.1 Å². The van der Waals surface area contributed by atoms with Crippen LogP contribution < -0.4 is 5.73 Å². The molecule has 2 N–H and O–H groups in total. The third-order valence-electron chi connectivity index (χ3n) is 2.12. The monoisotopic (exact) mass is 248 g/mol. The number of hydrogen-bond acceptors (Lipinski definition) is 3. The van der Waals surface area contributed by atoms with Crippen molar-refractivity contribution < 1.29 is 18.1 Å². The molecule has 0 amide bonds. The Labute approximate surface area is 95.4 Å². The molecule has 1 atom stereocenters. The molecule has 7 heteroatoms. The van der Waals surface area contributed by atoms with E-state index < -0.39 is 22.4 Å². The van der Waals surface area contributed by atoms with Crippen molar-refractivity contribution in [3.8, 4) is 0 Å². The predicted molar refractivity (Wildman–Crippen MR) is 55.5 cm³/mol. The fourth-order valence-corrected chi connectivity index (χ4v) is 1.47. The molecule has 1 rings (SSSR count). The number of halogens is 3. The first-order valence-corrected chi connectivity index (χ1v) is 4.82. The van der Waals surface area contributed by atoms with Crippen molar-refractivity contribution in [2.75, 3.05) is 0 Å². The number of benzene rings is 1. The van der Waals surface area contributed by atoms with Gasteiger partial charge in [0.1, 0.15) is 5.56 Å². The summed E-state index contributed by atoms with van der Waals surface area (Å²) < 4.78 is 37.8. The third-order valence-corrected chi connectivity index (χ3v) is 2.12. The standard InChI is InChI=1S/C10H11F3N2O2/c1-6(14)4-7-2-3-9(15(16)17)8(5-7)10(11,12)13/h2-3,5-6H,4,14H2,1H3. The summed E-state index contributed by atoms with van der Waals surface area (Å²) >= 11 is 0. The maximum absolute atomic E-state index is 12.6. The van der Waals surface area contributed by atoms with Gasteiger partial charge in [-0.2, -0.15) is 13.2 Å². The third kappa shape index (κ3) is 3.42. The molecule has 1 aromatic carbocycles. The quantitative estimate of drug-likeness (QED) is 0.660. The van der Waals surface area contributed by atoms with Crippen LogP contribution in [0, 0.1) is 10.1 Å². The molecule has 1 aromatic rings. The van der Waals surface area contributed by atoms with Crippen LogP contribution >= 0.6 is 0 Å². The maximum Gasteiger partial charge on any atom is 0.423 e. The van der Waals surface area contributed by atoms with Crippen LogP contribution in [0.25, 0.3) is 0 Å². The van der Waals surface area contributed by atoms with Crippen LogP contribution in [0.15, 0.2) is 18.2 Å². The summed E-state index contributed by atoms with van der Waals surface area (Å²) in [5.74, 6) is 0. The van der Waals surface area contributed by atoms with Crippen molar-refractivity contribution in [2.24, 2.45) is 5.73 Å². The Morgan fingerprint density at radius 1 is 1.47 bits per heavy atom. The molecule has 0 fully saturated rings. The highest BCUT2D eigenvalue weighted by Crippen LogP contribution is 2.36. The van der Waals surface area contributed by atoms with Gasteiger partial charge in [0.25, 0.3) is 5.69 Å². The fourth-order valence-electron chi connectivity index (χ4n) is 1.47. The van der Waals surface area contributed by atoms with Crippen LogP contribution in [0.1, 0.15) is 18.1 Å². The second-order valence-corrected chi connectivity index (χ2v) is 3.79. The number of rotatable bonds is 3. The lowest BCUT2D eigenvalue weighted by atomic mass is 10.0. The van der Waals surface area contributed by atoms with Gasteiger partial charge in [0.15, 0.2) is 0 Å². The largest absolute Gasteiger partial charge is 0.423 e. The molecule has 0 bridgehead atoms. The topological polar surface area (TPSA) is 69.2 Å². The summed E-state index contributed by atoms with van der Waals surface area (Å²) in [6.45, 7) is 1.65. The molecule has 0 heterocycles. The molecule has 4 nitrogen and oxygen atoms in total. The van der Waals surface area contributed by atoms with Crippen molar-refractivity contribution in [1.82, 2.24) is 0 Å². The summed E-state index contributed by atoms with van der Waals surface area (Å²) in [6.07, 6.45) is -4.50. The van der Waals surface area contributed by atoms with Gasteiger partial charge in [-0.15, -0.1) is 0 Å². The lowest BCUT2D eigenvalue weighted by Crippen LogP contribution is -2.18. The van der Waals surface area contributed by atoms with Crippen LogP contribution in [-0.4, -0.2) is 11.0 Å². The molecule has 0 saturated heterocycles. The molecule has 94 valence electrons. The number of nitro groups is 1. The van der Waals surface area contributed by atoms with E-state index in [9.17, 15) is 23.3 Å². The first-order valence-electron chi connectivity index (χ1n) is 4.82. The number of nitrogens with two attached hydrogens (primary N) is 1. The molecule has 0 spiro atoms. The Kier molecular flexibility index (Phi) is 3.72. The van der Waals surface area contributed by atoms with E-state index >= 15 is 0 Å². The smallest absolute Gasteiger partial charge is 0.328 e. The fraction of sp³-hybridized carbons (Fsp3) is 0.400. The number of alkyl halides is 3. The van der Waals surface area contributed by atoms with E-state index in [-0.39, 0.29) is 12.5 Å². The Balaban J connectivity index is 3.25. The first-order chi connectivity index (χ1) is 7.71. The zero-order chi connectivity index (χ0) is 13.2. The molecule has 1 unspecified atom stereocenters. The van der Waals surface area contributed by atoms with Gasteiger partial charge in [-0.05, 0) is 25.0 Å². The summed E-state index contributed by atoms with van der Waals surface area (Å²) in [7, 11) is 0. The lowest BCUT2D eigenvalue weighted by molar-refractivity contribution is -0.388. The zero-order valence-corrected chi connectivity index (χ0v) is 8.99. The van der Waals surface area contributed by atoms with Gasteiger partial charge < -0.3 is 5.73 Å². The molecule has 0 aliphatic rings. The van der Waals surface area contributed by atoms with Gasteiger partial charge in [0.05, 0.1) is 4.92 Å².